The van der Waals surface area contributed by atoms with Crippen molar-refractivity contribution in [3.63, 3.8) is 0 Å². The second-order valence-electron chi connectivity index (χ2n) is 3.98. The Labute approximate surface area is 106 Å². The maximum Gasteiger partial charge on any atom is 0.244 e. The first-order valence-electron chi connectivity index (χ1n) is 5.95. The third kappa shape index (κ3) is 2.96. The molecule has 1 amide bonds. The third-order valence-electron chi connectivity index (χ3n) is 2.68. The van der Waals surface area contributed by atoms with Crippen LogP contribution in [-0.4, -0.2) is 19.0 Å². The van der Waals surface area contributed by atoms with E-state index in [1.807, 2.05) is 36.4 Å². The molecule has 2 aromatic rings. The summed E-state index contributed by atoms with van der Waals surface area (Å²) >= 11 is 0. The fourth-order valence-corrected chi connectivity index (χ4v) is 1.82. The van der Waals surface area contributed by atoms with Gasteiger partial charge in [0, 0.05) is 19.2 Å². The Morgan fingerprint density at radius 3 is 2.78 bits per heavy atom. The van der Waals surface area contributed by atoms with Gasteiger partial charge in [-0.05, 0) is 22.4 Å². The molecular weight excluding hydrogens is 224 g/mol. The fraction of sp³-hybridized carbons (Fsp3) is 0.133. The van der Waals surface area contributed by atoms with Gasteiger partial charge in [-0.1, -0.05) is 42.5 Å². The summed E-state index contributed by atoms with van der Waals surface area (Å²) in [4.78, 5) is 11.5. The van der Waals surface area contributed by atoms with Crippen molar-refractivity contribution in [1.29, 1.82) is 0 Å². The van der Waals surface area contributed by atoms with Crippen LogP contribution in [0.5, 0.6) is 0 Å². The number of hydrogen-bond donors (Lipinski definition) is 2. The van der Waals surface area contributed by atoms with Crippen LogP contribution in [0.25, 0.3) is 16.8 Å². The van der Waals surface area contributed by atoms with Crippen molar-refractivity contribution in [1.82, 2.24) is 5.32 Å². The van der Waals surface area contributed by atoms with E-state index < -0.39 is 0 Å². The number of amides is 1. The number of hydrogen-bond acceptors (Lipinski definition) is 2. The summed E-state index contributed by atoms with van der Waals surface area (Å²) in [7, 11) is 0. The molecule has 0 aliphatic heterocycles. The van der Waals surface area contributed by atoms with Gasteiger partial charge in [0.25, 0.3) is 0 Å². The zero-order valence-corrected chi connectivity index (χ0v) is 10.1. The molecule has 0 spiro atoms. The summed E-state index contributed by atoms with van der Waals surface area (Å²) in [5, 5.41) is 5.01. The number of nitrogens with two attached hydrogens (primary N) is 1. The van der Waals surface area contributed by atoms with Crippen molar-refractivity contribution in [2.45, 2.75) is 0 Å². The van der Waals surface area contributed by atoms with Crippen molar-refractivity contribution in [3.05, 3.63) is 54.1 Å². The number of nitrogens with one attached hydrogen (secondary N) is 1. The highest BCUT2D eigenvalue weighted by atomic mass is 16.1. The first-order valence-corrected chi connectivity index (χ1v) is 5.95. The van der Waals surface area contributed by atoms with Gasteiger partial charge in [-0.15, -0.1) is 0 Å². The molecule has 0 heterocycles. The molecule has 0 aliphatic rings. The summed E-state index contributed by atoms with van der Waals surface area (Å²) < 4.78 is 0. The molecule has 18 heavy (non-hydrogen) atoms. The molecule has 3 N–H and O–H groups in total. The lowest BCUT2D eigenvalue weighted by Gasteiger charge is -2.02. The quantitative estimate of drug-likeness (QED) is 0.802. The third-order valence-corrected chi connectivity index (χ3v) is 2.68. The SMILES string of the molecule is NCCNC(=O)/C=C\c1cccc2ccccc12. The monoisotopic (exact) mass is 240 g/mol. The van der Waals surface area contributed by atoms with Crippen LogP contribution >= 0.6 is 0 Å². The van der Waals surface area contributed by atoms with E-state index >= 15 is 0 Å². The van der Waals surface area contributed by atoms with E-state index in [2.05, 4.69) is 17.4 Å². The van der Waals surface area contributed by atoms with E-state index in [1.165, 1.54) is 11.5 Å². The molecule has 2 aromatic carbocycles. The summed E-state index contributed by atoms with van der Waals surface area (Å²) in [6.45, 7) is 0.951. The Balaban J connectivity index is 2.21. The van der Waals surface area contributed by atoms with Crippen molar-refractivity contribution in [2.24, 2.45) is 5.73 Å². The molecule has 92 valence electrons. The van der Waals surface area contributed by atoms with Crippen LogP contribution in [0, 0.1) is 0 Å². The first kappa shape index (κ1) is 12.3. The topological polar surface area (TPSA) is 55.1 Å². The van der Waals surface area contributed by atoms with Gasteiger partial charge in [0.05, 0.1) is 0 Å². The highest BCUT2D eigenvalue weighted by Crippen LogP contribution is 2.19. The molecule has 0 aromatic heterocycles. The lowest BCUT2D eigenvalue weighted by Crippen LogP contribution is -2.27. The van der Waals surface area contributed by atoms with Crippen LogP contribution in [-0.2, 0) is 4.79 Å². The second kappa shape index (κ2) is 5.98. The Kier molecular flexibility index (Phi) is 4.10. The maximum absolute atomic E-state index is 11.5. The lowest BCUT2D eigenvalue weighted by atomic mass is 10.0. The highest BCUT2D eigenvalue weighted by Gasteiger charge is 1.97. The molecule has 3 nitrogen and oxygen atoms in total. The number of carbonyl (C=O) groups is 1. The van der Waals surface area contributed by atoms with Gasteiger partial charge in [0.1, 0.15) is 0 Å². The maximum atomic E-state index is 11.5. The smallest absolute Gasteiger partial charge is 0.244 e. The molecular formula is C15H16N2O. The van der Waals surface area contributed by atoms with Crippen molar-refractivity contribution in [2.75, 3.05) is 13.1 Å². The highest BCUT2D eigenvalue weighted by molar-refractivity contribution is 5.96. The van der Waals surface area contributed by atoms with Crippen LogP contribution in [0.3, 0.4) is 0 Å². The van der Waals surface area contributed by atoms with Gasteiger partial charge < -0.3 is 11.1 Å². The van der Waals surface area contributed by atoms with Crippen LogP contribution in [0.1, 0.15) is 5.56 Å². The van der Waals surface area contributed by atoms with Crippen LogP contribution < -0.4 is 11.1 Å². The predicted molar refractivity (Wildman–Crippen MR) is 75.0 cm³/mol. The zero-order valence-electron chi connectivity index (χ0n) is 10.1. The summed E-state index contributed by atoms with van der Waals surface area (Å²) in [6.07, 6.45) is 3.37. The minimum Gasteiger partial charge on any atom is -0.351 e. The average molecular weight is 240 g/mol. The van der Waals surface area contributed by atoms with Gasteiger partial charge in [0.2, 0.25) is 5.91 Å². The van der Waals surface area contributed by atoms with Gasteiger partial charge in [-0.2, -0.15) is 0 Å². The molecule has 0 bridgehead atoms. The number of carbonyl (C=O) groups excluding carboxylic acids is 1. The number of rotatable bonds is 4. The Hall–Kier alpha value is -2.13. The van der Waals surface area contributed by atoms with Gasteiger partial charge >= 0.3 is 0 Å². The van der Waals surface area contributed by atoms with E-state index in [9.17, 15) is 4.79 Å². The molecule has 0 unspecified atom stereocenters. The van der Waals surface area contributed by atoms with Crippen LogP contribution in [0.2, 0.25) is 0 Å². The Bertz CT molecular complexity index is 570. The molecule has 0 fully saturated rings. The molecule has 0 saturated carbocycles. The van der Waals surface area contributed by atoms with Crippen molar-refractivity contribution >= 4 is 22.8 Å². The summed E-state index contributed by atoms with van der Waals surface area (Å²) in [5.74, 6) is -0.117. The zero-order chi connectivity index (χ0) is 12.8. The van der Waals surface area contributed by atoms with E-state index in [0.29, 0.717) is 13.1 Å². The van der Waals surface area contributed by atoms with Gasteiger partial charge in [0.15, 0.2) is 0 Å². The van der Waals surface area contributed by atoms with Crippen LogP contribution in [0.4, 0.5) is 0 Å². The number of fused-ring (bicyclic) bond motifs is 1. The van der Waals surface area contributed by atoms with E-state index in [-0.39, 0.29) is 5.91 Å². The van der Waals surface area contributed by atoms with E-state index in [4.69, 9.17) is 5.73 Å². The summed E-state index contributed by atoms with van der Waals surface area (Å²) in [5.41, 5.74) is 6.36. The van der Waals surface area contributed by atoms with Crippen molar-refractivity contribution < 1.29 is 4.79 Å². The van der Waals surface area contributed by atoms with E-state index in [1.54, 1.807) is 0 Å². The minimum atomic E-state index is -0.117. The Morgan fingerprint density at radius 1 is 1.17 bits per heavy atom. The second-order valence-corrected chi connectivity index (χ2v) is 3.98. The number of benzene rings is 2. The van der Waals surface area contributed by atoms with Gasteiger partial charge in [-0.3, -0.25) is 4.79 Å². The Morgan fingerprint density at radius 2 is 1.94 bits per heavy atom. The average Bonchev–Trinajstić information content (AvgIpc) is 2.42. The van der Waals surface area contributed by atoms with Crippen LogP contribution in [0.15, 0.2) is 48.5 Å². The molecule has 0 atom stereocenters. The molecule has 0 aliphatic carbocycles. The summed E-state index contributed by atoms with van der Waals surface area (Å²) in [6, 6.07) is 14.1. The lowest BCUT2D eigenvalue weighted by molar-refractivity contribution is -0.116. The molecule has 2 rings (SSSR count). The standard InChI is InChI=1S/C15H16N2O/c16-10-11-17-15(18)9-8-13-6-3-5-12-4-1-2-7-14(12)13/h1-9H,10-11,16H2,(H,17,18)/b9-8-. The van der Waals surface area contributed by atoms with E-state index in [0.717, 1.165) is 10.9 Å². The first-order chi connectivity index (χ1) is 8.81. The fourth-order valence-electron chi connectivity index (χ4n) is 1.82. The molecule has 0 radical (unpaired) electrons. The van der Waals surface area contributed by atoms with Gasteiger partial charge in [-0.25, -0.2) is 0 Å². The predicted octanol–water partition coefficient (Wildman–Crippen LogP) is 1.93. The normalized spacial score (nSPS) is 10.9. The largest absolute Gasteiger partial charge is 0.351 e. The molecule has 0 saturated heterocycles. The minimum absolute atomic E-state index is 0.117. The van der Waals surface area contributed by atoms with Crippen molar-refractivity contribution in [3.8, 4) is 0 Å². The molecule has 3 heteroatoms.